The maximum atomic E-state index is 12.1. The van der Waals surface area contributed by atoms with Crippen molar-refractivity contribution in [1.29, 1.82) is 0 Å². The van der Waals surface area contributed by atoms with Crippen LogP contribution in [0, 0.1) is 5.92 Å². The smallest absolute Gasteiger partial charge is 0.329 e. The molecule has 0 fully saturated rings. The van der Waals surface area contributed by atoms with Gasteiger partial charge in [0.25, 0.3) is 0 Å². The zero-order valence-corrected chi connectivity index (χ0v) is 13.4. The van der Waals surface area contributed by atoms with Gasteiger partial charge in [0.2, 0.25) is 5.91 Å². The lowest BCUT2D eigenvalue weighted by molar-refractivity contribution is -0.159. The number of hydrogen-bond acceptors (Lipinski definition) is 4. The number of ether oxygens (including phenoxy) is 1. The maximum Gasteiger partial charge on any atom is 0.329 e. The molecule has 0 bridgehead atoms. The Balaban J connectivity index is 4.48. The number of carbonyl (C=O) groups is 2. The van der Waals surface area contributed by atoms with Gasteiger partial charge in [-0.3, -0.25) is 4.79 Å². The van der Waals surface area contributed by atoms with Crippen molar-refractivity contribution >= 4 is 11.9 Å². The Morgan fingerprint density at radius 2 is 1.80 bits per heavy atom. The third-order valence-electron chi connectivity index (χ3n) is 2.55. The van der Waals surface area contributed by atoms with E-state index in [9.17, 15) is 9.59 Å². The van der Waals surface area contributed by atoms with Crippen LogP contribution in [0.5, 0.6) is 0 Å². The number of unbranched alkanes of at least 4 members (excludes halogenated alkanes) is 1. The van der Waals surface area contributed by atoms with Gasteiger partial charge in [0.1, 0.15) is 11.6 Å². The first kappa shape index (κ1) is 18.9. The SMILES string of the molecule is CC(C)C[C@@H](NC(=O)CCCCO)C(=O)OC(C)(C)C. The average molecular weight is 287 g/mol. The number of carbonyl (C=O) groups excluding carboxylic acids is 2. The molecule has 2 N–H and O–H groups in total. The molecule has 0 radical (unpaired) electrons. The third-order valence-corrected chi connectivity index (χ3v) is 2.55. The normalized spacial score (nSPS) is 13.2. The highest BCUT2D eigenvalue weighted by Gasteiger charge is 2.27. The van der Waals surface area contributed by atoms with Gasteiger partial charge in [-0.25, -0.2) is 4.79 Å². The van der Waals surface area contributed by atoms with Gasteiger partial charge in [0, 0.05) is 13.0 Å². The minimum atomic E-state index is -0.601. The summed E-state index contributed by atoms with van der Waals surface area (Å²) in [4.78, 5) is 23.9. The van der Waals surface area contributed by atoms with Crippen LogP contribution in [-0.4, -0.2) is 35.2 Å². The number of aliphatic hydroxyl groups excluding tert-OH is 1. The van der Waals surface area contributed by atoms with E-state index in [1.807, 2.05) is 13.8 Å². The maximum absolute atomic E-state index is 12.1. The summed E-state index contributed by atoms with van der Waals surface area (Å²) in [6, 6.07) is -0.601. The Kier molecular flexibility index (Phi) is 8.46. The summed E-state index contributed by atoms with van der Waals surface area (Å²) in [5, 5.41) is 11.4. The van der Waals surface area contributed by atoms with Crippen molar-refractivity contribution in [3.8, 4) is 0 Å². The van der Waals surface area contributed by atoms with E-state index < -0.39 is 11.6 Å². The number of rotatable bonds is 8. The third kappa shape index (κ3) is 9.78. The summed E-state index contributed by atoms with van der Waals surface area (Å²) < 4.78 is 5.33. The molecule has 0 saturated carbocycles. The van der Waals surface area contributed by atoms with Gasteiger partial charge >= 0.3 is 5.97 Å². The van der Waals surface area contributed by atoms with Crippen molar-refractivity contribution in [3.63, 3.8) is 0 Å². The van der Waals surface area contributed by atoms with Crippen molar-refractivity contribution in [2.75, 3.05) is 6.61 Å². The average Bonchev–Trinajstić information content (AvgIpc) is 2.25. The number of amides is 1. The second-order valence-corrected chi connectivity index (χ2v) is 6.46. The number of nitrogens with one attached hydrogen (secondary N) is 1. The van der Waals surface area contributed by atoms with Crippen molar-refractivity contribution < 1.29 is 19.4 Å². The summed E-state index contributed by atoms with van der Waals surface area (Å²) >= 11 is 0. The molecule has 0 aromatic heterocycles. The predicted octanol–water partition coefficient (Wildman–Crippen LogP) is 2.02. The molecule has 0 saturated heterocycles. The van der Waals surface area contributed by atoms with Crippen molar-refractivity contribution in [1.82, 2.24) is 5.32 Å². The molecule has 1 amide bonds. The molecule has 0 aliphatic rings. The Hall–Kier alpha value is -1.10. The summed E-state index contributed by atoms with van der Waals surface area (Å²) in [7, 11) is 0. The van der Waals surface area contributed by atoms with Crippen molar-refractivity contribution in [3.05, 3.63) is 0 Å². The van der Waals surface area contributed by atoms with Gasteiger partial charge in [-0.1, -0.05) is 13.8 Å². The highest BCUT2D eigenvalue weighted by atomic mass is 16.6. The molecule has 0 unspecified atom stereocenters. The standard InChI is InChI=1S/C15H29NO4/c1-11(2)10-12(14(19)20-15(3,4)5)16-13(18)8-6-7-9-17/h11-12,17H,6-10H2,1-5H3,(H,16,18)/t12-/m1/s1. The molecule has 0 rings (SSSR count). The van der Waals surface area contributed by atoms with E-state index in [-0.39, 0.29) is 24.4 Å². The van der Waals surface area contributed by atoms with Crippen LogP contribution in [0.1, 0.15) is 60.3 Å². The zero-order chi connectivity index (χ0) is 15.8. The van der Waals surface area contributed by atoms with Crippen LogP contribution >= 0.6 is 0 Å². The van der Waals surface area contributed by atoms with Crippen LogP contribution < -0.4 is 5.32 Å². The summed E-state index contributed by atoms with van der Waals surface area (Å²) in [6.45, 7) is 9.49. The largest absolute Gasteiger partial charge is 0.458 e. The molecule has 0 aliphatic heterocycles. The molecular formula is C15H29NO4. The fourth-order valence-electron chi connectivity index (χ4n) is 1.72. The first-order valence-electron chi connectivity index (χ1n) is 7.28. The lowest BCUT2D eigenvalue weighted by atomic mass is 10.0. The van der Waals surface area contributed by atoms with E-state index in [1.165, 1.54) is 0 Å². The van der Waals surface area contributed by atoms with Crippen LogP contribution in [0.25, 0.3) is 0 Å². The van der Waals surface area contributed by atoms with Crippen molar-refractivity contribution in [2.45, 2.75) is 71.9 Å². The van der Waals surface area contributed by atoms with Gasteiger partial charge in [-0.2, -0.15) is 0 Å². The molecule has 0 aromatic carbocycles. The molecule has 0 heterocycles. The van der Waals surface area contributed by atoms with Gasteiger partial charge in [0.05, 0.1) is 0 Å². The first-order valence-corrected chi connectivity index (χ1v) is 7.28. The minimum Gasteiger partial charge on any atom is -0.458 e. The van der Waals surface area contributed by atoms with Gasteiger partial charge < -0.3 is 15.2 Å². The fourth-order valence-corrected chi connectivity index (χ4v) is 1.72. The molecule has 0 aromatic rings. The molecule has 0 spiro atoms. The second kappa shape index (κ2) is 8.95. The van der Waals surface area contributed by atoms with Crippen LogP contribution in [0.4, 0.5) is 0 Å². The van der Waals surface area contributed by atoms with E-state index in [1.54, 1.807) is 20.8 Å². The monoisotopic (exact) mass is 287 g/mol. The Morgan fingerprint density at radius 3 is 2.25 bits per heavy atom. The summed E-state index contributed by atoms with van der Waals surface area (Å²) in [5.74, 6) is -0.276. The van der Waals surface area contributed by atoms with Gasteiger partial charge in [0.15, 0.2) is 0 Å². The second-order valence-electron chi connectivity index (χ2n) is 6.46. The first-order chi connectivity index (χ1) is 9.15. The molecule has 20 heavy (non-hydrogen) atoms. The summed E-state index contributed by atoms with van der Waals surface area (Å²) in [6.07, 6.45) is 2.08. The van der Waals surface area contributed by atoms with E-state index in [2.05, 4.69) is 5.32 Å². The molecule has 5 heteroatoms. The molecule has 5 nitrogen and oxygen atoms in total. The van der Waals surface area contributed by atoms with Crippen LogP contribution in [0.3, 0.4) is 0 Å². The number of hydrogen-bond donors (Lipinski definition) is 2. The van der Waals surface area contributed by atoms with E-state index >= 15 is 0 Å². The van der Waals surface area contributed by atoms with Crippen LogP contribution in [0.2, 0.25) is 0 Å². The topological polar surface area (TPSA) is 75.6 Å². The van der Waals surface area contributed by atoms with Crippen LogP contribution in [-0.2, 0) is 14.3 Å². The molecule has 1 atom stereocenters. The number of esters is 1. The Morgan fingerprint density at radius 1 is 1.20 bits per heavy atom. The highest BCUT2D eigenvalue weighted by Crippen LogP contribution is 2.13. The molecule has 118 valence electrons. The van der Waals surface area contributed by atoms with Crippen LogP contribution in [0.15, 0.2) is 0 Å². The molecular weight excluding hydrogens is 258 g/mol. The van der Waals surface area contributed by atoms with E-state index in [4.69, 9.17) is 9.84 Å². The highest BCUT2D eigenvalue weighted by molar-refractivity contribution is 5.84. The van der Waals surface area contributed by atoms with E-state index in [0.29, 0.717) is 25.7 Å². The van der Waals surface area contributed by atoms with E-state index in [0.717, 1.165) is 0 Å². The fraction of sp³-hybridized carbons (Fsp3) is 0.867. The van der Waals surface area contributed by atoms with Crippen molar-refractivity contribution in [2.24, 2.45) is 5.92 Å². The minimum absolute atomic E-state index is 0.0781. The lowest BCUT2D eigenvalue weighted by Crippen LogP contribution is -2.44. The lowest BCUT2D eigenvalue weighted by Gasteiger charge is -2.25. The Bertz CT molecular complexity index is 307. The number of aliphatic hydroxyl groups is 1. The van der Waals surface area contributed by atoms with Gasteiger partial charge in [-0.05, 0) is 46.0 Å². The molecule has 0 aliphatic carbocycles. The summed E-state index contributed by atoms with van der Waals surface area (Å²) in [5.41, 5.74) is -0.562. The van der Waals surface area contributed by atoms with Gasteiger partial charge in [-0.15, -0.1) is 0 Å². The predicted molar refractivity (Wildman–Crippen MR) is 78.2 cm³/mol. The zero-order valence-electron chi connectivity index (χ0n) is 13.4. The quantitative estimate of drug-likeness (QED) is 0.529. The Labute approximate surface area is 122 Å².